The number of piperidine rings is 1. The zero-order chi connectivity index (χ0) is 17.8. The molecule has 0 unspecified atom stereocenters. The van der Waals surface area contributed by atoms with Crippen LogP contribution in [0.15, 0.2) is 18.5 Å². The van der Waals surface area contributed by atoms with Gasteiger partial charge in [-0.25, -0.2) is 9.97 Å². The Morgan fingerprint density at radius 1 is 0.962 bits per heavy atom. The van der Waals surface area contributed by atoms with Crippen molar-refractivity contribution >= 4 is 11.9 Å². The van der Waals surface area contributed by atoms with E-state index >= 15 is 0 Å². The Balaban J connectivity index is 1.21. The van der Waals surface area contributed by atoms with Crippen molar-refractivity contribution in [2.45, 2.75) is 57.8 Å². The van der Waals surface area contributed by atoms with Crippen molar-refractivity contribution in [2.75, 3.05) is 31.1 Å². The first-order valence-electron chi connectivity index (χ1n) is 10.6. The fraction of sp³-hybridized carbons (Fsp3) is 0.762. The van der Waals surface area contributed by atoms with E-state index in [1.54, 1.807) is 0 Å². The van der Waals surface area contributed by atoms with Gasteiger partial charge in [-0.05, 0) is 49.5 Å². The number of anilines is 1. The number of hydrogen-bond donors (Lipinski definition) is 0. The summed E-state index contributed by atoms with van der Waals surface area (Å²) in [4.78, 5) is 25.8. The van der Waals surface area contributed by atoms with Crippen molar-refractivity contribution < 1.29 is 4.79 Å². The lowest BCUT2D eigenvalue weighted by molar-refractivity contribution is -0.130. The molecule has 1 saturated carbocycles. The predicted molar refractivity (Wildman–Crippen MR) is 103 cm³/mol. The SMILES string of the molecule is O=C(CCC1CCCC1)N1CC[C@H](C2CCN(c3ncccn3)CC2)C1. The third kappa shape index (κ3) is 4.18. The van der Waals surface area contributed by atoms with Gasteiger partial charge in [-0.15, -0.1) is 0 Å². The van der Waals surface area contributed by atoms with Crippen LogP contribution in [0.3, 0.4) is 0 Å². The molecule has 3 heterocycles. The smallest absolute Gasteiger partial charge is 0.225 e. The van der Waals surface area contributed by atoms with Gasteiger partial charge < -0.3 is 9.80 Å². The molecule has 3 fully saturated rings. The van der Waals surface area contributed by atoms with Crippen LogP contribution in [0.1, 0.15) is 57.8 Å². The van der Waals surface area contributed by atoms with Crippen molar-refractivity contribution in [3.05, 3.63) is 18.5 Å². The molecule has 4 rings (SSSR count). The summed E-state index contributed by atoms with van der Waals surface area (Å²) < 4.78 is 0. The maximum absolute atomic E-state index is 12.6. The summed E-state index contributed by atoms with van der Waals surface area (Å²) in [6.07, 6.45) is 14.6. The van der Waals surface area contributed by atoms with Crippen LogP contribution >= 0.6 is 0 Å². The first-order chi connectivity index (χ1) is 12.8. The Kier molecular flexibility index (Phi) is 5.71. The fourth-order valence-corrected chi connectivity index (χ4v) is 5.21. The van der Waals surface area contributed by atoms with Crippen LogP contribution in [0.5, 0.6) is 0 Å². The lowest BCUT2D eigenvalue weighted by Gasteiger charge is -2.34. The molecule has 1 aromatic rings. The van der Waals surface area contributed by atoms with Gasteiger partial charge in [-0.3, -0.25) is 4.79 Å². The summed E-state index contributed by atoms with van der Waals surface area (Å²) >= 11 is 0. The number of hydrogen-bond acceptors (Lipinski definition) is 4. The van der Waals surface area contributed by atoms with E-state index in [0.717, 1.165) is 56.8 Å². The monoisotopic (exact) mass is 356 g/mol. The first kappa shape index (κ1) is 17.7. The number of aromatic nitrogens is 2. The van der Waals surface area contributed by atoms with Crippen LogP contribution in [-0.2, 0) is 4.79 Å². The predicted octanol–water partition coefficient (Wildman–Crippen LogP) is 3.51. The average Bonchev–Trinajstić information content (AvgIpc) is 3.39. The second-order valence-corrected chi connectivity index (χ2v) is 8.45. The summed E-state index contributed by atoms with van der Waals surface area (Å²) in [5, 5.41) is 0. The number of nitrogens with zero attached hydrogens (tertiary/aromatic N) is 4. The summed E-state index contributed by atoms with van der Waals surface area (Å²) in [6, 6.07) is 1.87. The van der Waals surface area contributed by atoms with Crippen LogP contribution in [0.4, 0.5) is 5.95 Å². The number of rotatable bonds is 5. The standard InChI is InChI=1S/C21H32N4O/c26-20(7-6-17-4-1-2-5-17)25-15-10-19(16-25)18-8-13-24(14-9-18)21-22-11-3-12-23-21/h3,11-12,17-19H,1-2,4-10,13-16H2/t19-/m0/s1. The minimum Gasteiger partial charge on any atom is -0.342 e. The molecule has 0 radical (unpaired) electrons. The maximum atomic E-state index is 12.6. The first-order valence-corrected chi connectivity index (χ1v) is 10.6. The molecule has 0 spiro atoms. The molecule has 1 aliphatic carbocycles. The van der Waals surface area contributed by atoms with Gasteiger partial charge in [0.15, 0.2) is 0 Å². The molecular weight excluding hydrogens is 324 g/mol. The van der Waals surface area contributed by atoms with Crippen molar-refractivity contribution in [2.24, 2.45) is 17.8 Å². The highest BCUT2D eigenvalue weighted by Crippen LogP contribution is 2.33. The summed E-state index contributed by atoms with van der Waals surface area (Å²) in [5.74, 6) is 3.55. The van der Waals surface area contributed by atoms with Gasteiger partial charge in [0.1, 0.15) is 0 Å². The number of carbonyl (C=O) groups excluding carboxylic acids is 1. The second-order valence-electron chi connectivity index (χ2n) is 8.45. The zero-order valence-electron chi connectivity index (χ0n) is 15.9. The van der Waals surface area contributed by atoms with Crippen molar-refractivity contribution in [1.29, 1.82) is 0 Å². The highest BCUT2D eigenvalue weighted by Gasteiger charge is 2.34. The third-order valence-corrected chi connectivity index (χ3v) is 6.86. The minimum atomic E-state index is 0.412. The second kappa shape index (κ2) is 8.36. The molecule has 26 heavy (non-hydrogen) atoms. The Bertz CT molecular complexity index is 579. The zero-order valence-corrected chi connectivity index (χ0v) is 15.9. The summed E-state index contributed by atoms with van der Waals surface area (Å²) in [7, 11) is 0. The molecular formula is C21H32N4O. The summed E-state index contributed by atoms with van der Waals surface area (Å²) in [6.45, 7) is 4.06. The largest absolute Gasteiger partial charge is 0.342 e. The topological polar surface area (TPSA) is 49.3 Å². The highest BCUT2D eigenvalue weighted by atomic mass is 16.2. The van der Waals surface area contributed by atoms with Crippen LogP contribution in [0, 0.1) is 17.8 Å². The molecule has 5 nitrogen and oxygen atoms in total. The molecule has 2 aliphatic heterocycles. The highest BCUT2D eigenvalue weighted by molar-refractivity contribution is 5.76. The van der Waals surface area contributed by atoms with E-state index in [4.69, 9.17) is 0 Å². The van der Waals surface area contributed by atoms with E-state index in [2.05, 4.69) is 19.8 Å². The molecule has 1 amide bonds. The third-order valence-electron chi connectivity index (χ3n) is 6.86. The molecule has 1 atom stereocenters. The van der Waals surface area contributed by atoms with Gasteiger partial charge in [0.2, 0.25) is 11.9 Å². The van der Waals surface area contributed by atoms with E-state index in [0.29, 0.717) is 11.8 Å². The molecule has 0 N–H and O–H groups in total. The van der Waals surface area contributed by atoms with Crippen LogP contribution in [0.2, 0.25) is 0 Å². The Labute approximate surface area is 157 Å². The van der Waals surface area contributed by atoms with Crippen molar-refractivity contribution in [3.63, 3.8) is 0 Å². The molecule has 142 valence electrons. The number of amides is 1. The Hall–Kier alpha value is -1.65. The summed E-state index contributed by atoms with van der Waals surface area (Å²) in [5.41, 5.74) is 0. The molecule has 3 aliphatic rings. The van der Waals surface area contributed by atoms with Crippen LogP contribution in [-0.4, -0.2) is 47.0 Å². The van der Waals surface area contributed by atoms with E-state index in [9.17, 15) is 4.79 Å². The van der Waals surface area contributed by atoms with Crippen molar-refractivity contribution in [1.82, 2.24) is 14.9 Å². The fourth-order valence-electron chi connectivity index (χ4n) is 5.21. The number of carbonyl (C=O) groups is 1. The van der Waals surface area contributed by atoms with Gasteiger partial charge >= 0.3 is 0 Å². The molecule has 5 heteroatoms. The van der Waals surface area contributed by atoms with Gasteiger partial charge in [-0.2, -0.15) is 0 Å². The lowest BCUT2D eigenvalue weighted by atomic mass is 9.84. The Morgan fingerprint density at radius 3 is 2.38 bits per heavy atom. The van der Waals surface area contributed by atoms with E-state index < -0.39 is 0 Å². The Morgan fingerprint density at radius 2 is 1.65 bits per heavy atom. The van der Waals surface area contributed by atoms with Gasteiger partial charge in [0.05, 0.1) is 0 Å². The van der Waals surface area contributed by atoms with E-state index in [1.807, 2.05) is 18.5 Å². The lowest BCUT2D eigenvalue weighted by Crippen LogP contribution is -2.38. The van der Waals surface area contributed by atoms with Crippen molar-refractivity contribution in [3.8, 4) is 0 Å². The van der Waals surface area contributed by atoms with Crippen LogP contribution in [0.25, 0.3) is 0 Å². The van der Waals surface area contributed by atoms with Gasteiger partial charge in [-0.1, -0.05) is 25.7 Å². The molecule has 1 aromatic heterocycles. The van der Waals surface area contributed by atoms with E-state index in [-0.39, 0.29) is 0 Å². The maximum Gasteiger partial charge on any atom is 0.225 e. The van der Waals surface area contributed by atoms with E-state index in [1.165, 1.54) is 44.9 Å². The van der Waals surface area contributed by atoms with Gasteiger partial charge in [0.25, 0.3) is 0 Å². The minimum absolute atomic E-state index is 0.412. The van der Waals surface area contributed by atoms with Crippen LogP contribution < -0.4 is 4.90 Å². The normalized spacial score (nSPS) is 25.2. The quantitative estimate of drug-likeness (QED) is 0.810. The average molecular weight is 357 g/mol. The van der Waals surface area contributed by atoms with Gasteiger partial charge in [0, 0.05) is 45.0 Å². The molecule has 0 aromatic carbocycles. The molecule has 0 bridgehead atoms. The molecule has 2 saturated heterocycles. The number of likely N-dealkylation sites (tertiary alicyclic amines) is 1.